The molecule has 2 N–H and O–H groups in total. The van der Waals surface area contributed by atoms with Crippen molar-refractivity contribution in [2.75, 3.05) is 5.32 Å². The van der Waals surface area contributed by atoms with Gasteiger partial charge in [-0.05, 0) is 17.5 Å². The largest absolute Gasteiger partial charge is 0.328 e. The Kier molecular flexibility index (Phi) is 4.78. The van der Waals surface area contributed by atoms with Gasteiger partial charge in [-0.25, -0.2) is 9.18 Å². The smallest absolute Gasteiger partial charge is 0.321 e. The third-order valence-corrected chi connectivity index (χ3v) is 4.63. The van der Waals surface area contributed by atoms with Gasteiger partial charge in [0.2, 0.25) is 0 Å². The first kappa shape index (κ1) is 18.4. The number of nitrogens with one attached hydrogen (secondary N) is 2. The number of nitrogens with zero attached hydrogens (tertiary/aromatic N) is 1. The maximum atomic E-state index is 13.9. The Morgan fingerprint density at radius 2 is 1.69 bits per heavy atom. The van der Waals surface area contributed by atoms with Gasteiger partial charge in [0.15, 0.2) is 0 Å². The van der Waals surface area contributed by atoms with Crippen LogP contribution in [0.1, 0.15) is 15.9 Å². The number of amides is 1. The standard InChI is InChI=1S/C22H16FN3O3/c23-18-10-4-2-7-15(18)13-26-21(28)17(12-24-22(26)29)20(27)25-19-11-5-8-14-6-1-3-9-16(14)19/h1-12H,13H2,(H,24,29)(H,25,27). The van der Waals surface area contributed by atoms with Crippen molar-refractivity contribution in [2.45, 2.75) is 6.54 Å². The van der Waals surface area contributed by atoms with Crippen molar-refractivity contribution >= 4 is 22.4 Å². The van der Waals surface area contributed by atoms with E-state index in [2.05, 4.69) is 10.3 Å². The van der Waals surface area contributed by atoms with Crippen LogP contribution in [0.25, 0.3) is 10.8 Å². The molecule has 4 aromatic rings. The van der Waals surface area contributed by atoms with Crippen LogP contribution in [0.2, 0.25) is 0 Å². The lowest BCUT2D eigenvalue weighted by atomic mass is 10.1. The summed E-state index contributed by atoms with van der Waals surface area (Å²) in [6.45, 7) is -0.282. The van der Waals surface area contributed by atoms with Crippen molar-refractivity contribution in [3.63, 3.8) is 0 Å². The predicted molar refractivity (Wildman–Crippen MR) is 109 cm³/mol. The summed E-state index contributed by atoms with van der Waals surface area (Å²) in [6, 6.07) is 18.8. The molecule has 0 unspecified atom stereocenters. The highest BCUT2D eigenvalue weighted by Crippen LogP contribution is 2.23. The molecule has 4 rings (SSSR count). The fourth-order valence-electron chi connectivity index (χ4n) is 3.14. The molecular weight excluding hydrogens is 373 g/mol. The second-order valence-corrected chi connectivity index (χ2v) is 6.47. The van der Waals surface area contributed by atoms with Crippen molar-refractivity contribution in [3.05, 3.63) is 111 Å². The number of hydrogen-bond acceptors (Lipinski definition) is 3. The van der Waals surface area contributed by atoms with Crippen LogP contribution in [-0.2, 0) is 6.54 Å². The molecular formula is C22H16FN3O3. The van der Waals surface area contributed by atoms with Crippen molar-refractivity contribution in [1.29, 1.82) is 0 Å². The van der Waals surface area contributed by atoms with Crippen LogP contribution in [0, 0.1) is 5.82 Å². The summed E-state index contributed by atoms with van der Waals surface area (Å²) in [6.07, 6.45) is 1.07. The lowest BCUT2D eigenvalue weighted by Gasteiger charge is -2.10. The molecule has 0 aliphatic carbocycles. The van der Waals surface area contributed by atoms with Gasteiger partial charge in [-0.3, -0.25) is 14.2 Å². The zero-order valence-electron chi connectivity index (χ0n) is 15.2. The van der Waals surface area contributed by atoms with Crippen LogP contribution in [0.15, 0.2) is 82.5 Å². The summed E-state index contributed by atoms with van der Waals surface area (Å²) in [5.74, 6) is -1.20. The summed E-state index contributed by atoms with van der Waals surface area (Å²) >= 11 is 0. The number of aromatic amines is 1. The van der Waals surface area contributed by atoms with E-state index in [0.29, 0.717) is 5.69 Å². The molecule has 29 heavy (non-hydrogen) atoms. The molecule has 0 radical (unpaired) electrons. The van der Waals surface area contributed by atoms with Crippen LogP contribution in [0.3, 0.4) is 0 Å². The zero-order chi connectivity index (χ0) is 20.4. The van der Waals surface area contributed by atoms with Crippen LogP contribution >= 0.6 is 0 Å². The van der Waals surface area contributed by atoms with E-state index in [4.69, 9.17) is 0 Å². The van der Waals surface area contributed by atoms with Crippen molar-refractivity contribution in [3.8, 4) is 0 Å². The Balaban J connectivity index is 1.70. The molecule has 0 fully saturated rings. The highest BCUT2D eigenvalue weighted by molar-refractivity contribution is 6.08. The van der Waals surface area contributed by atoms with E-state index in [0.717, 1.165) is 21.5 Å². The Hall–Kier alpha value is -4.00. The summed E-state index contributed by atoms with van der Waals surface area (Å²) in [7, 11) is 0. The summed E-state index contributed by atoms with van der Waals surface area (Å²) in [5.41, 5.74) is -1.05. The maximum absolute atomic E-state index is 13.9. The number of aromatic nitrogens is 2. The van der Waals surface area contributed by atoms with Gasteiger partial charge < -0.3 is 10.3 Å². The molecule has 0 spiro atoms. The molecule has 144 valence electrons. The van der Waals surface area contributed by atoms with E-state index in [9.17, 15) is 18.8 Å². The Morgan fingerprint density at radius 3 is 2.52 bits per heavy atom. The number of rotatable bonds is 4. The van der Waals surface area contributed by atoms with Crippen molar-refractivity contribution in [1.82, 2.24) is 9.55 Å². The summed E-state index contributed by atoms with van der Waals surface area (Å²) < 4.78 is 14.7. The molecule has 0 bridgehead atoms. The fourth-order valence-corrected chi connectivity index (χ4v) is 3.14. The topological polar surface area (TPSA) is 84.0 Å². The number of carbonyl (C=O) groups excluding carboxylic acids is 1. The molecule has 0 atom stereocenters. The van der Waals surface area contributed by atoms with E-state index in [1.165, 1.54) is 18.2 Å². The second-order valence-electron chi connectivity index (χ2n) is 6.47. The summed E-state index contributed by atoms with van der Waals surface area (Å²) in [4.78, 5) is 40.0. The van der Waals surface area contributed by atoms with Gasteiger partial charge >= 0.3 is 5.69 Å². The number of H-pyrrole nitrogens is 1. The predicted octanol–water partition coefficient (Wildman–Crippen LogP) is 3.13. The molecule has 1 heterocycles. The average Bonchev–Trinajstić information content (AvgIpc) is 2.72. The number of carbonyl (C=O) groups is 1. The zero-order valence-corrected chi connectivity index (χ0v) is 15.2. The van der Waals surface area contributed by atoms with Gasteiger partial charge in [-0.1, -0.05) is 54.6 Å². The Labute approximate surface area is 164 Å². The van der Waals surface area contributed by atoms with Crippen LogP contribution in [-0.4, -0.2) is 15.5 Å². The molecule has 1 aromatic heterocycles. The van der Waals surface area contributed by atoms with Gasteiger partial charge in [0, 0.05) is 22.8 Å². The summed E-state index contributed by atoms with van der Waals surface area (Å²) in [5, 5.41) is 4.47. The molecule has 0 aliphatic rings. The number of halogens is 1. The van der Waals surface area contributed by atoms with Crippen LogP contribution in [0.5, 0.6) is 0 Å². The molecule has 1 amide bonds. The van der Waals surface area contributed by atoms with Gasteiger partial charge in [0.1, 0.15) is 11.4 Å². The van der Waals surface area contributed by atoms with E-state index in [1.807, 2.05) is 30.3 Å². The minimum Gasteiger partial charge on any atom is -0.321 e. The lowest BCUT2D eigenvalue weighted by Crippen LogP contribution is -2.39. The first-order valence-electron chi connectivity index (χ1n) is 8.89. The minimum absolute atomic E-state index is 0.173. The Morgan fingerprint density at radius 1 is 0.966 bits per heavy atom. The van der Waals surface area contributed by atoms with E-state index in [1.54, 1.807) is 18.2 Å². The number of fused-ring (bicyclic) bond motifs is 1. The van der Waals surface area contributed by atoms with Gasteiger partial charge in [0.25, 0.3) is 11.5 Å². The number of hydrogen-bond donors (Lipinski definition) is 2. The fraction of sp³-hybridized carbons (Fsp3) is 0.0455. The molecule has 7 heteroatoms. The highest BCUT2D eigenvalue weighted by Gasteiger charge is 2.16. The number of anilines is 1. The van der Waals surface area contributed by atoms with E-state index >= 15 is 0 Å². The third-order valence-electron chi connectivity index (χ3n) is 4.63. The third kappa shape index (κ3) is 3.58. The first-order valence-corrected chi connectivity index (χ1v) is 8.89. The average molecular weight is 389 g/mol. The van der Waals surface area contributed by atoms with Gasteiger partial charge in [-0.2, -0.15) is 0 Å². The maximum Gasteiger partial charge on any atom is 0.328 e. The van der Waals surface area contributed by atoms with E-state index in [-0.39, 0.29) is 17.7 Å². The number of benzene rings is 3. The highest BCUT2D eigenvalue weighted by atomic mass is 19.1. The molecule has 0 saturated carbocycles. The van der Waals surface area contributed by atoms with Crippen molar-refractivity contribution < 1.29 is 9.18 Å². The van der Waals surface area contributed by atoms with Gasteiger partial charge in [-0.15, -0.1) is 0 Å². The quantitative estimate of drug-likeness (QED) is 0.562. The SMILES string of the molecule is O=C(Nc1cccc2ccccc12)c1c[nH]c(=O)n(Cc2ccccc2F)c1=O. The molecule has 3 aromatic carbocycles. The molecule has 0 saturated heterocycles. The Bertz CT molecular complexity index is 1340. The monoisotopic (exact) mass is 389 g/mol. The normalized spacial score (nSPS) is 10.8. The van der Waals surface area contributed by atoms with Crippen LogP contribution < -0.4 is 16.6 Å². The van der Waals surface area contributed by atoms with Crippen LogP contribution in [0.4, 0.5) is 10.1 Å². The molecule has 0 aliphatic heterocycles. The van der Waals surface area contributed by atoms with Crippen molar-refractivity contribution in [2.24, 2.45) is 0 Å². The molecule has 6 nitrogen and oxygen atoms in total. The first-order chi connectivity index (χ1) is 14.0. The lowest BCUT2D eigenvalue weighted by molar-refractivity contribution is 0.102. The van der Waals surface area contributed by atoms with Gasteiger partial charge in [0.05, 0.1) is 6.54 Å². The van der Waals surface area contributed by atoms with E-state index < -0.39 is 23.0 Å². The second kappa shape index (κ2) is 7.55. The minimum atomic E-state index is -0.797.